The Morgan fingerprint density at radius 3 is 1.77 bits per heavy atom. The molecule has 0 saturated carbocycles. The summed E-state index contributed by atoms with van der Waals surface area (Å²) in [6.07, 6.45) is 1.87. The number of hydrogen-bond donors (Lipinski definition) is 0. The molecule has 407 valence electrons. The molecule has 0 fully saturated rings. The van der Waals surface area contributed by atoms with E-state index in [9.17, 15) is 0 Å². The molecule has 5 nitrogen and oxygen atoms in total. The molecular formula is C72H73IrN3O2Si2-2. The van der Waals surface area contributed by atoms with Crippen molar-refractivity contribution < 1.29 is 28.9 Å². The number of aryl methyl sites for hydroxylation is 2. The van der Waals surface area contributed by atoms with Crippen molar-refractivity contribution in [1.29, 1.82) is 0 Å². The second-order valence-corrected chi connectivity index (χ2v) is 35.6. The van der Waals surface area contributed by atoms with Gasteiger partial charge in [-0.15, -0.1) is 54.1 Å². The van der Waals surface area contributed by atoms with Crippen molar-refractivity contribution in [2.24, 2.45) is 0 Å². The Bertz CT molecular complexity index is 4210. The number of pyridine rings is 1. The zero-order valence-electron chi connectivity index (χ0n) is 49.2. The predicted molar refractivity (Wildman–Crippen MR) is 342 cm³/mol. The molecule has 0 spiro atoms. The van der Waals surface area contributed by atoms with Crippen LogP contribution in [-0.2, 0) is 25.5 Å². The molecule has 8 heteroatoms. The van der Waals surface area contributed by atoms with Gasteiger partial charge >= 0.3 is 0 Å². The SMILES string of the molecule is CC(C)(C)c1ccnc(-c2[c-]cccc2)c1.Cc1cc(-c2cc(C(C)C)c(-n3c(-c4[c-]ccc5c4oc4cc6c(cc45)oc4ccccc46)nc4ccccc43)c(C(C)C)c2)cc(C)c1-c1cc([Si](C)(C)C)cc([Si](C)(C)C)c1.[Ir]. The van der Waals surface area contributed by atoms with Gasteiger partial charge in [0.15, 0.2) is 0 Å². The van der Waals surface area contributed by atoms with Crippen LogP contribution < -0.4 is 10.4 Å². The number of benzene rings is 8. The molecule has 0 saturated heterocycles. The second kappa shape index (κ2) is 21.5. The molecule has 0 unspecified atom stereocenters. The van der Waals surface area contributed by atoms with Gasteiger partial charge in [0, 0.05) is 48.1 Å². The van der Waals surface area contributed by atoms with E-state index in [0.29, 0.717) is 0 Å². The summed E-state index contributed by atoms with van der Waals surface area (Å²) >= 11 is 0. The van der Waals surface area contributed by atoms with E-state index in [1.54, 1.807) is 10.4 Å². The van der Waals surface area contributed by atoms with Crippen LogP contribution in [0.2, 0.25) is 39.3 Å². The minimum Gasteiger partial charge on any atom is -0.501 e. The molecule has 0 N–H and O–H groups in total. The van der Waals surface area contributed by atoms with E-state index in [-0.39, 0.29) is 37.4 Å². The first-order chi connectivity index (χ1) is 37.5. The Kier molecular flexibility index (Phi) is 15.2. The third-order valence-corrected chi connectivity index (χ3v) is 19.8. The molecule has 0 aliphatic carbocycles. The molecule has 0 bridgehead atoms. The zero-order valence-corrected chi connectivity index (χ0v) is 53.6. The van der Waals surface area contributed by atoms with E-state index in [1.165, 1.54) is 55.8 Å². The summed E-state index contributed by atoms with van der Waals surface area (Å²) in [7, 11) is -3.09. The topological polar surface area (TPSA) is 57.0 Å². The fourth-order valence-electron chi connectivity index (χ4n) is 11.4. The number of furan rings is 2. The quantitative estimate of drug-likeness (QED) is 0.107. The standard InChI is InChI=1S/C57H57N2O2Si2.C15H16N.Ir/c1-33(2)45-28-38(37-24-35(5)54(36(6)25-37)39-26-40(62(7,8)9)30-41(27-39)63(10,11)12)29-46(34(3)4)55(45)59-50-22-15-14-21-49(50)58-57(59)44-20-17-19-43-48-32-52-47(31-53(48)61-56(43)44)42-18-13-16-23-51(42)60-52;1-15(2,3)13-9-10-16-14(11-13)12-7-5-4-6-8-12;/h13-19,21-34H,1-12H3;4-7,9-11H,1-3H3;/q2*-1;. The van der Waals surface area contributed by atoms with E-state index in [2.05, 4.69) is 232 Å². The second-order valence-electron chi connectivity index (χ2n) is 25.5. The summed E-state index contributed by atoms with van der Waals surface area (Å²) in [5.41, 5.74) is 21.3. The maximum Gasteiger partial charge on any atom is 0.136 e. The number of aromatic nitrogens is 3. The van der Waals surface area contributed by atoms with Crippen LogP contribution in [0.5, 0.6) is 0 Å². The summed E-state index contributed by atoms with van der Waals surface area (Å²) in [4.78, 5) is 9.80. The number of nitrogens with zero attached hydrogens (tertiary/aromatic N) is 3. The number of rotatable bonds is 9. The van der Waals surface area contributed by atoms with Crippen LogP contribution in [-0.4, -0.2) is 30.7 Å². The zero-order chi connectivity index (χ0) is 55.9. The van der Waals surface area contributed by atoms with E-state index in [4.69, 9.17) is 13.8 Å². The molecule has 0 aliphatic rings. The van der Waals surface area contributed by atoms with Gasteiger partial charge in [-0.25, -0.2) is 0 Å². The molecule has 4 heterocycles. The summed E-state index contributed by atoms with van der Waals surface area (Å²) in [6, 6.07) is 61.3. The van der Waals surface area contributed by atoms with Gasteiger partial charge in [0.25, 0.3) is 0 Å². The van der Waals surface area contributed by atoms with Crippen LogP contribution in [0.1, 0.15) is 88.1 Å². The Labute approximate surface area is 488 Å². The van der Waals surface area contributed by atoms with Crippen LogP contribution in [0.15, 0.2) is 167 Å². The molecule has 12 aromatic rings. The van der Waals surface area contributed by atoms with E-state index < -0.39 is 16.1 Å². The van der Waals surface area contributed by atoms with Gasteiger partial charge in [0.05, 0.1) is 38.6 Å². The molecule has 0 atom stereocenters. The first-order valence-corrected chi connectivity index (χ1v) is 35.1. The van der Waals surface area contributed by atoms with Crippen molar-refractivity contribution in [3.8, 4) is 50.6 Å². The Balaban J connectivity index is 0.000000364. The average molecular weight is 1260 g/mol. The molecular weight excluding hydrogens is 1190 g/mol. The third-order valence-electron chi connectivity index (χ3n) is 15.8. The molecule has 12 rings (SSSR count). The van der Waals surface area contributed by atoms with Gasteiger partial charge in [-0.1, -0.05) is 176 Å². The molecule has 8 aromatic carbocycles. The molecule has 4 aromatic heterocycles. The monoisotopic (exact) mass is 1260 g/mol. The van der Waals surface area contributed by atoms with E-state index in [1.807, 2.05) is 48.7 Å². The fourth-order valence-corrected chi connectivity index (χ4v) is 13.8. The van der Waals surface area contributed by atoms with Crippen LogP contribution >= 0.6 is 0 Å². The maximum atomic E-state index is 6.87. The third kappa shape index (κ3) is 10.6. The van der Waals surface area contributed by atoms with Gasteiger partial charge in [-0.2, -0.15) is 0 Å². The van der Waals surface area contributed by atoms with Gasteiger partial charge in [-0.05, 0) is 135 Å². The molecule has 0 aliphatic heterocycles. The number of hydrogen-bond acceptors (Lipinski definition) is 4. The maximum absolute atomic E-state index is 6.87. The minimum atomic E-state index is -1.54. The van der Waals surface area contributed by atoms with Crippen LogP contribution in [0.3, 0.4) is 0 Å². The van der Waals surface area contributed by atoms with Gasteiger partial charge < -0.3 is 18.4 Å². The van der Waals surface area contributed by atoms with Crippen molar-refractivity contribution in [3.05, 3.63) is 198 Å². The van der Waals surface area contributed by atoms with Gasteiger partial charge in [0.2, 0.25) is 0 Å². The van der Waals surface area contributed by atoms with Crippen molar-refractivity contribution in [1.82, 2.24) is 14.5 Å². The van der Waals surface area contributed by atoms with Crippen molar-refractivity contribution in [3.63, 3.8) is 0 Å². The first-order valence-electron chi connectivity index (χ1n) is 28.1. The van der Waals surface area contributed by atoms with Crippen molar-refractivity contribution >= 4 is 81.4 Å². The Morgan fingerprint density at radius 1 is 0.550 bits per heavy atom. The summed E-state index contributed by atoms with van der Waals surface area (Å²) < 4.78 is 15.6. The number of para-hydroxylation sites is 3. The fraction of sp³-hybridized carbons (Fsp3) is 0.250. The largest absolute Gasteiger partial charge is 0.501 e. The normalized spacial score (nSPS) is 12.3. The van der Waals surface area contributed by atoms with E-state index in [0.717, 1.165) is 77.6 Å². The van der Waals surface area contributed by atoms with E-state index >= 15 is 0 Å². The number of fused-ring (bicyclic) bond motifs is 7. The average Bonchev–Trinajstić information content (AvgIpc) is 4.29. The minimum absolute atomic E-state index is 0. The number of imidazole rings is 1. The van der Waals surface area contributed by atoms with Crippen LogP contribution in [0.4, 0.5) is 0 Å². The molecule has 1 radical (unpaired) electrons. The Hall–Kier alpha value is -6.94. The van der Waals surface area contributed by atoms with Crippen LogP contribution in [0, 0.1) is 26.0 Å². The van der Waals surface area contributed by atoms with Gasteiger partial charge in [-0.3, -0.25) is 4.98 Å². The van der Waals surface area contributed by atoms with Gasteiger partial charge in [0.1, 0.15) is 16.7 Å². The predicted octanol–water partition coefficient (Wildman–Crippen LogP) is 19.4. The smallest absolute Gasteiger partial charge is 0.136 e. The summed E-state index contributed by atoms with van der Waals surface area (Å²) in [5.74, 6) is 1.28. The summed E-state index contributed by atoms with van der Waals surface area (Å²) in [6.45, 7) is 35.3. The van der Waals surface area contributed by atoms with Crippen LogP contribution in [0.25, 0.3) is 105 Å². The van der Waals surface area contributed by atoms with Crippen molar-refractivity contribution in [2.75, 3.05) is 0 Å². The molecule has 80 heavy (non-hydrogen) atoms. The molecule has 0 amide bonds. The van der Waals surface area contributed by atoms with Crippen molar-refractivity contribution in [2.45, 2.75) is 119 Å². The Morgan fingerprint density at radius 2 is 1.15 bits per heavy atom. The first kappa shape index (κ1) is 56.3. The summed E-state index contributed by atoms with van der Waals surface area (Å²) in [5, 5.41) is 7.25.